The van der Waals surface area contributed by atoms with Crippen LogP contribution in [0.1, 0.15) is 44.9 Å². The number of unbranched alkanes of at least 4 members (excludes halogenated alkanes) is 1. The Bertz CT molecular complexity index is 642. The molecule has 1 heterocycles. The summed E-state index contributed by atoms with van der Waals surface area (Å²) < 4.78 is 0. The van der Waals surface area contributed by atoms with Gasteiger partial charge < -0.3 is 37.2 Å². The average molecular weight is 429 g/mol. The third kappa shape index (κ3) is 8.33. The third-order valence-corrected chi connectivity index (χ3v) is 4.86. The molecule has 0 aliphatic carbocycles. The summed E-state index contributed by atoms with van der Waals surface area (Å²) >= 11 is 0. The normalized spacial score (nSPS) is 17.8. The van der Waals surface area contributed by atoms with Crippen molar-refractivity contribution in [2.75, 3.05) is 19.6 Å². The van der Waals surface area contributed by atoms with E-state index in [2.05, 4.69) is 10.6 Å². The molecule has 0 aromatic rings. The van der Waals surface area contributed by atoms with E-state index in [0.29, 0.717) is 38.8 Å². The maximum atomic E-state index is 12.5. The van der Waals surface area contributed by atoms with E-state index >= 15 is 0 Å². The number of carbonyl (C=O) groups excluding carboxylic acids is 3. The van der Waals surface area contributed by atoms with E-state index in [1.807, 2.05) is 0 Å². The Morgan fingerprint density at radius 2 is 1.80 bits per heavy atom. The second kappa shape index (κ2) is 12.8. The Morgan fingerprint density at radius 3 is 2.40 bits per heavy atom. The molecule has 0 spiro atoms. The van der Waals surface area contributed by atoms with Crippen LogP contribution in [0.5, 0.6) is 0 Å². The molecule has 0 aromatic carbocycles. The summed E-state index contributed by atoms with van der Waals surface area (Å²) in [5.41, 5.74) is 11.0. The predicted molar refractivity (Wildman–Crippen MR) is 105 cm³/mol. The second-order valence-corrected chi connectivity index (χ2v) is 7.19. The number of likely N-dealkylation sites (tertiary alicyclic amines) is 1. The van der Waals surface area contributed by atoms with Gasteiger partial charge in [-0.05, 0) is 45.1 Å². The first-order valence-electron chi connectivity index (χ1n) is 9.95. The molecule has 3 amide bonds. The number of nitrogens with two attached hydrogens (primary N) is 2. The first-order valence-corrected chi connectivity index (χ1v) is 9.95. The van der Waals surface area contributed by atoms with Gasteiger partial charge in [0.05, 0.1) is 12.6 Å². The molecule has 3 atom stereocenters. The van der Waals surface area contributed by atoms with Gasteiger partial charge in [-0.15, -0.1) is 0 Å². The predicted octanol–water partition coefficient (Wildman–Crippen LogP) is -2.02. The van der Waals surface area contributed by atoms with Crippen molar-refractivity contribution in [3.05, 3.63) is 0 Å². The van der Waals surface area contributed by atoms with Crippen LogP contribution in [0.2, 0.25) is 0 Å². The topological polar surface area (TPSA) is 205 Å². The molecule has 3 unspecified atom stereocenters. The molecule has 12 heteroatoms. The van der Waals surface area contributed by atoms with Gasteiger partial charge in [-0.25, -0.2) is 4.79 Å². The van der Waals surface area contributed by atoms with Crippen LogP contribution < -0.4 is 22.1 Å². The highest BCUT2D eigenvalue weighted by Gasteiger charge is 2.35. The van der Waals surface area contributed by atoms with Gasteiger partial charge >= 0.3 is 11.9 Å². The zero-order valence-electron chi connectivity index (χ0n) is 16.8. The van der Waals surface area contributed by atoms with Gasteiger partial charge in [0.15, 0.2) is 0 Å². The van der Waals surface area contributed by atoms with Crippen molar-refractivity contribution in [3.8, 4) is 0 Å². The summed E-state index contributed by atoms with van der Waals surface area (Å²) in [6.07, 6.45) is 2.05. The van der Waals surface area contributed by atoms with Crippen molar-refractivity contribution in [3.63, 3.8) is 0 Å². The van der Waals surface area contributed by atoms with Crippen LogP contribution in [0.25, 0.3) is 0 Å². The van der Waals surface area contributed by atoms with Crippen LogP contribution in [0.4, 0.5) is 0 Å². The number of carboxylic acids is 2. The summed E-state index contributed by atoms with van der Waals surface area (Å²) in [5, 5.41) is 22.7. The lowest BCUT2D eigenvalue weighted by Gasteiger charge is -2.26. The van der Waals surface area contributed by atoms with Crippen LogP contribution in [0, 0.1) is 0 Å². The summed E-state index contributed by atoms with van der Waals surface area (Å²) in [5.74, 6) is -3.94. The number of nitrogens with one attached hydrogen (secondary N) is 2. The molecule has 0 radical (unpaired) electrons. The number of rotatable bonds is 13. The van der Waals surface area contributed by atoms with Gasteiger partial charge in [-0.2, -0.15) is 0 Å². The Balaban J connectivity index is 2.57. The lowest BCUT2D eigenvalue weighted by Crippen LogP contribution is -2.53. The van der Waals surface area contributed by atoms with Gasteiger partial charge in [0.1, 0.15) is 12.1 Å². The molecular weight excluding hydrogens is 398 g/mol. The van der Waals surface area contributed by atoms with E-state index < -0.39 is 47.8 Å². The molecule has 0 saturated carbocycles. The molecule has 0 aromatic heterocycles. The number of amides is 3. The SMILES string of the molecule is NCCCCC(NC(=O)C1CCCN1C(=O)CNC(=O)C(N)CCC(=O)O)C(=O)O. The molecule has 1 aliphatic heterocycles. The highest BCUT2D eigenvalue weighted by molar-refractivity contribution is 5.93. The minimum atomic E-state index is -1.15. The van der Waals surface area contributed by atoms with Crippen LogP contribution in [0.15, 0.2) is 0 Å². The first kappa shape index (κ1) is 25.3. The quantitative estimate of drug-likeness (QED) is 0.178. The van der Waals surface area contributed by atoms with Crippen molar-refractivity contribution >= 4 is 29.7 Å². The van der Waals surface area contributed by atoms with Crippen LogP contribution in [0.3, 0.4) is 0 Å². The lowest BCUT2D eigenvalue weighted by atomic mass is 10.1. The zero-order valence-corrected chi connectivity index (χ0v) is 16.8. The van der Waals surface area contributed by atoms with Crippen molar-refractivity contribution in [1.29, 1.82) is 0 Å². The van der Waals surface area contributed by atoms with Gasteiger partial charge in [0, 0.05) is 13.0 Å². The van der Waals surface area contributed by atoms with E-state index in [1.165, 1.54) is 4.90 Å². The average Bonchev–Trinajstić information content (AvgIpc) is 3.19. The highest BCUT2D eigenvalue weighted by Crippen LogP contribution is 2.18. The molecule has 8 N–H and O–H groups in total. The van der Waals surface area contributed by atoms with Crippen molar-refractivity contribution in [2.45, 2.75) is 63.1 Å². The fraction of sp³-hybridized carbons (Fsp3) is 0.722. The summed E-state index contributed by atoms with van der Waals surface area (Å²) in [4.78, 5) is 60.1. The number of hydrogen-bond acceptors (Lipinski definition) is 7. The Hall–Kier alpha value is -2.73. The summed E-state index contributed by atoms with van der Waals surface area (Å²) in [7, 11) is 0. The highest BCUT2D eigenvalue weighted by atomic mass is 16.4. The van der Waals surface area contributed by atoms with Crippen LogP contribution in [-0.4, -0.2) is 82.5 Å². The van der Waals surface area contributed by atoms with Crippen molar-refractivity contribution in [1.82, 2.24) is 15.5 Å². The van der Waals surface area contributed by atoms with Crippen molar-refractivity contribution < 1.29 is 34.2 Å². The number of nitrogens with zero attached hydrogens (tertiary/aromatic N) is 1. The molecule has 0 bridgehead atoms. The number of carbonyl (C=O) groups is 5. The molecule has 1 saturated heterocycles. The zero-order chi connectivity index (χ0) is 22.7. The van der Waals surface area contributed by atoms with Gasteiger partial charge in [0.2, 0.25) is 17.7 Å². The van der Waals surface area contributed by atoms with Crippen LogP contribution >= 0.6 is 0 Å². The Kier molecular flexibility index (Phi) is 10.8. The lowest BCUT2D eigenvalue weighted by molar-refractivity contribution is -0.144. The minimum Gasteiger partial charge on any atom is -0.481 e. The van der Waals surface area contributed by atoms with E-state index in [4.69, 9.17) is 16.6 Å². The fourth-order valence-electron chi connectivity index (χ4n) is 3.16. The smallest absolute Gasteiger partial charge is 0.326 e. The standard InChI is InChI=1S/C18H31N5O7/c19-8-2-1-4-12(18(29)30)22-17(28)13-5-3-9-23(13)14(24)10-21-16(27)11(20)6-7-15(25)26/h11-13H,1-10,19-20H2,(H,21,27)(H,22,28)(H,25,26)(H,29,30). The monoisotopic (exact) mass is 429 g/mol. The fourth-order valence-corrected chi connectivity index (χ4v) is 3.16. The van der Waals surface area contributed by atoms with E-state index in [0.717, 1.165) is 0 Å². The molecule has 1 rings (SSSR count). The first-order chi connectivity index (χ1) is 14.2. The number of carboxylic acid groups (broad SMARTS) is 2. The third-order valence-electron chi connectivity index (χ3n) is 4.86. The molecular formula is C18H31N5O7. The Labute approximate surface area is 174 Å². The maximum Gasteiger partial charge on any atom is 0.326 e. The van der Waals surface area contributed by atoms with Gasteiger partial charge in [0.25, 0.3) is 0 Å². The molecule has 30 heavy (non-hydrogen) atoms. The molecule has 12 nitrogen and oxygen atoms in total. The Morgan fingerprint density at radius 1 is 1.10 bits per heavy atom. The van der Waals surface area contributed by atoms with E-state index in [9.17, 15) is 29.1 Å². The molecule has 170 valence electrons. The maximum absolute atomic E-state index is 12.5. The number of aliphatic carboxylic acids is 2. The van der Waals surface area contributed by atoms with Crippen LogP contribution in [-0.2, 0) is 24.0 Å². The summed E-state index contributed by atoms with van der Waals surface area (Å²) in [6.45, 7) is 0.349. The van der Waals surface area contributed by atoms with Gasteiger partial charge in [-0.3, -0.25) is 19.2 Å². The number of hydrogen-bond donors (Lipinski definition) is 6. The van der Waals surface area contributed by atoms with Gasteiger partial charge in [-0.1, -0.05) is 0 Å². The van der Waals surface area contributed by atoms with E-state index in [1.54, 1.807) is 0 Å². The van der Waals surface area contributed by atoms with Crippen molar-refractivity contribution in [2.24, 2.45) is 11.5 Å². The van der Waals surface area contributed by atoms with E-state index in [-0.39, 0.29) is 25.8 Å². The molecule has 1 fully saturated rings. The second-order valence-electron chi connectivity index (χ2n) is 7.19. The minimum absolute atomic E-state index is 0.0646. The molecule has 1 aliphatic rings. The summed E-state index contributed by atoms with van der Waals surface area (Å²) in [6, 6.07) is -2.93. The largest absolute Gasteiger partial charge is 0.481 e.